The van der Waals surface area contributed by atoms with Gasteiger partial charge in [0.15, 0.2) is 5.82 Å². The Morgan fingerprint density at radius 2 is 1.96 bits per heavy atom. The van der Waals surface area contributed by atoms with E-state index in [1.165, 1.54) is 23.4 Å². The summed E-state index contributed by atoms with van der Waals surface area (Å²) in [5, 5.41) is 13.8. The first-order valence-electron chi connectivity index (χ1n) is 7.38. The van der Waals surface area contributed by atoms with Crippen LogP contribution in [0.5, 0.6) is 0 Å². The van der Waals surface area contributed by atoms with E-state index < -0.39 is 5.97 Å². The molecule has 0 unspecified atom stereocenters. The molecule has 0 fully saturated rings. The minimum atomic E-state index is -1.05. The van der Waals surface area contributed by atoms with Crippen LogP contribution < -0.4 is 0 Å². The molecule has 0 aliphatic carbocycles. The molecule has 24 heavy (non-hydrogen) atoms. The number of aryl methyl sites for hydroxylation is 2. The van der Waals surface area contributed by atoms with Gasteiger partial charge in [-0.05, 0) is 32.0 Å². The molecule has 6 nitrogen and oxygen atoms in total. The lowest BCUT2D eigenvalue weighted by molar-refractivity contribution is -0.130. The molecular formula is C18H16N4O2. The quantitative estimate of drug-likeness (QED) is 0.747. The number of rotatable bonds is 4. The summed E-state index contributed by atoms with van der Waals surface area (Å²) in [4.78, 5) is 19.7. The first-order valence-corrected chi connectivity index (χ1v) is 7.38. The maximum atomic E-state index is 11.5. The molecule has 0 spiro atoms. The number of hydrogen-bond donors (Lipinski definition) is 1. The maximum absolute atomic E-state index is 11.5. The molecule has 6 heteroatoms. The van der Waals surface area contributed by atoms with E-state index in [9.17, 15) is 9.90 Å². The van der Waals surface area contributed by atoms with E-state index in [0.29, 0.717) is 11.4 Å². The lowest BCUT2D eigenvalue weighted by Gasteiger charge is -2.02. The van der Waals surface area contributed by atoms with Gasteiger partial charge in [0, 0.05) is 29.7 Å². The lowest BCUT2D eigenvalue weighted by atomic mass is 10.1. The molecule has 2 heterocycles. The number of pyridine rings is 1. The average molecular weight is 320 g/mol. The summed E-state index contributed by atoms with van der Waals surface area (Å²) in [5.74, 6) is -0.500. The van der Waals surface area contributed by atoms with Crippen LogP contribution in [0.1, 0.15) is 16.7 Å². The number of benzene rings is 1. The van der Waals surface area contributed by atoms with E-state index in [1.54, 1.807) is 18.3 Å². The minimum absolute atomic E-state index is 0.0972. The fourth-order valence-electron chi connectivity index (χ4n) is 2.48. The summed E-state index contributed by atoms with van der Waals surface area (Å²) in [7, 11) is 0. The number of hydrogen-bond acceptors (Lipinski definition) is 4. The third kappa shape index (κ3) is 3.38. The van der Waals surface area contributed by atoms with E-state index in [2.05, 4.69) is 21.1 Å². The van der Waals surface area contributed by atoms with Crippen LogP contribution in [0.25, 0.3) is 23.2 Å². The van der Waals surface area contributed by atoms with Gasteiger partial charge in [-0.3, -0.25) is 4.98 Å². The summed E-state index contributed by atoms with van der Waals surface area (Å²) in [5.41, 5.74) is 3.75. The first-order chi connectivity index (χ1) is 11.5. The van der Waals surface area contributed by atoms with Crippen LogP contribution in [0, 0.1) is 13.8 Å². The molecule has 0 saturated heterocycles. The second kappa shape index (κ2) is 6.45. The Morgan fingerprint density at radius 3 is 2.58 bits per heavy atom. The van der Waals surface area contributed by atoms with Crippen molar-refractivity contribution in [1.82, 2.24) is 19.7 Å². The van der Waals surface area contributed by atoms with Crippen LogP contribution in [0.2, 0.25) is 0 Å². The summed E-state index contributed by atoms with van der Waals surface area (Å²) in [6.07, 6.45) is 6.02. The summed E-state index contributed by atoms with van der Waals surface area (Å²) in [6, 6.07) is 9.44. The number of carbonyl (C=O) groups is 1. The van der Waals surface area contributed by atoms with Crippen molar-refractivity contribution in [3.8, 4) is 11.4 Å². The second-order valence-corrected chi connectivity index (χ2v) is 5.51. The smallest absolute Gasteiger partial charge is 0.337 e. The molecule has 3 aromatic rings. The number of aliphatic carboxylic acids is 1. The maximum Gasteiger partial charge on any atom is 0.337 e. The highest BCUT2D eigenvalue weighted by atomic mass is 16.4. The van der Waals surface area contributed by atoms with Crippen LogP contribution in [-0.4, -0.2) is 30.8 Å². The van der Waals surface area contributed by atoms with Crippen molar-refractivity contribution < 1.29 is 9.90 Å². The van der Waals surface area contributed by atoms with Crippen LogP contribution in [0.4, 0.5) is 0 Å². The van der Waals surface area contributed by atoms with Crippen molar-refractivity contribution >= 4 is 17.7 Å². The predicted octanol–water partition coefficient (Wildman–Crippen LogP) is 3.04. The van der Waals surface area contributed by atoms with Gasteiger partial charge < -0.3 is 5.11 Å². The zero-order valence-electron chi connectivity index (χ0n) is 13.3. The van der Waals surface area contributed by atoms with Crippen LogP contribution in [0.3, 0.4) is 0 Å². The zero-order valence-corrected chi connectivity index (χ0v) is 13.3. The van der Waals surface area contributed by atoms with Gasteiger partial charge in [-0.25, -0.2) is 14.5 Å². The number of nitrogens with zero attached hydrogens (tertiary/aromatic N) is 4. The normalized spacial score (nSPS) is 11.5. The van der Waals surface area contributed by atoms with E-state index in [1.807, 2.05) is 26.0 Å². The van der Waals surface area contributed by atoms with Gasteiger partial charge in [0.1, 0.15) is 6.33 Å². The summed E-state index contributed by atoms with van der Waals surface area (Å²) in [6.45, 7) is 4.02. The molecule has 0 aliphatic heterocycles. The van der Waals surface area contributed by atoms with Crippen molar-refractivity contribution in [3.05, 3.63) is 65.7 Å². The van der Waals surface area contributed by atoms with E-state index in [0.717, 1.165) is 16.7 Å². The summed E-state index contributed by atoms with van der Waals surface area (Å²) < 4.78 is 1.41. The van der Waals surface area contributed by atoms with E-state index >= 15 is 0 Å². The molecule has 2 aromatic heterocycles. The number of carboxylic acids is 1. The SMILES string of the molecule is Cc1cc(C)cc(-c2ncn(/C=C(/C(=O)O)c3cccnc3)n2)c1. The molecule has 3 rings (SSSR count). The standard InChI is InChI=1S/C18H16N4O2/c1-12-6-13(2)8-15(7-12)17-20-11-22(21-17)10-16(18(23)24)14-4-3-5-19-9-14/h3-11H,1-2H3,(H,23,24)/b16-10+. The lowest BCUT2D eigenvalue weighted by Crippen LogP contribution is -2.02. The fourth-order valence-corrected chi connectivity index (χ4v) is 2.48. The number of aromatic nitrogens is 4. The Labute approximate surface area is 139 Å². The van der Waals surface area contributed by atoms with Crippen molar-refractivity contribution in [3.63, 3.8) is 0 Å². The molecule has 0 amide bonds. The molecule has 0 saturated carbocycles. The molecule has 0 atom stereocenters. The van der Waals surface area contributed by atoms with Gasteiger partial charge in [-0.2, -0.15) is 0 Å². The largest absolute Gasteiger partial charge is 0.478 e. The Kier molecular flexibility index (Phi) is 4.20. The monoisotopic (exact) mass is 320 g/mol. The molecule has 1 aromatic carbocycles. The van der Waals surface area contributed by atoms with Gasteiger partial charge in [0.05, 0.1) is 5.57 Å². The van der Waals surface area contributed by atoms with Crippen LogP contribution in [-0.2, 0) is 4.79 Å². The molecule has 0 bridgehead atoms. The van der Waals surface area contributed by atoms with Gasteiger partial charge in [0.25, 0.3) is 0 Å². The Hall–Kier alpha value is -3.28. The van der Waals surface area contributed by atoms with Crippen molar-refractivity contribution in [2.75, 3.05) is 0 Å². The minimum Gasteiger partial charge on any atom is -0.478 e. The molecule has 0 radical (unpaired) electrons. The van der Waals surface area contributed by atoms with E-state index in [4.69, 9.17) is 0 Å². The van der Waals surface area contributed by atoms with Gasteiger partial charge >= 0.3 is 5.97 Å². The second-order valence-electron chi connectivity index (χ2n) is 5.51. The third-order valence-corrected chi connectivity index (χ3v) is 3.45. The number of carboxylic acid groups (broad SMARTS) is 1. The van der Waals surface area contributed by atoms with Crippen LogP contribution in [0.15, 0.2) is 49.1 Å². The highest BCUT2D eigenvalue weighted by Crippen LogP contribution is 2.19. The Bertz CT molecular complexity index is 894. The molecule has 120 valence electrons. The zero-order chi connectivity index (χ0) is 17.1. The van der Waals surface area contributed by atoms with E-state index in [-0.39, 0.29) is 5.57 Å². The van der Waals surface area contributed by atoms with Crippen molar-refractivity contribution in [1.29, 1.82) is 0 Å². The van der Waals surface area contributed by atoms with Gasteiger partial charge in [-0.1, -0.05) is 23.3 Å². The topological polar surface area (TPSA) is 80.9 Å². The Balaban J connectivity index is 1.99. The highest BCUT2D eigenvalue weighted by molar-refractivity contribution is 6.19. The molecule has 0 aliphatic rings. The fraction of sp³-hybridized carbons (Fsp3) is 0.111. The average Bonchev–Trinajstić information content (AvgIpc) is 3.01. The van der Waals surface area contributed by atoms with Crippen molar-refractivity contribution in [2.45, 2.75) is 13.8 Å². The predicted molar refractivity (Wildman–Crippen MR) is 91.0 cm³/mol. The van der Waals surface area contributed by atoms with Crippen molar-refractivity contribution in [2.24, 2.45) is 0 Å². The first kappa shape index (κ1) is 15.6. The Morgan fingerprint density at radius 1 is 1.21 bits per heavy atom. The third-order valence-electron chi connectivity index (χ3n) is 3.45. The van der Waals surface area contributed by atoms with Gasteiger partial charge in [0.2, 0.25) is 0 Å². The highest BCUT2D eigenvalue weighted by Gasteiger charge is 2.12. The molecule has 1 N–H and O–H groups in total. The molecular weight excluding hydrogens is 304 g/mol. The summed E-state index contributed by atoms with van der Waals surface area (Å²) >= 11 is 0. The van der Waals surface area contributed by atoms with Crippen LogP contribution >= 0.6 is 0 Å². The van der Waals surface area contributed by atoms with Gasteiger partial charge in [-0.15, -0.1) is 5.10 Å².